The Morgan fingerprint density at radius 3 is 2.60 bits per heavy atom. The van der Waals surface area contributed by atoms with Crippen molar-refractivity contribution in [3.05, 3.63) is 47.0 Å². The summed E-state index contributed by atoms with van der Waals surface area (Å²) in [5.41, 5.74) is 4.62. The number of hydrogen-bond acceptors (Lipinski definition) is 3. The molecule has 1 N–H and O–H groups in total. The molecule has 3 rings (SSSR count). The molecule has 0 bridgehead atoms. The number of likely N-dealkylation sites (N-methyl/N-ethyl adjacent to an activating group) is 1. The molecule has 2 saturated heterocycles. The Bertz CT molecular complexity index is 474. The number of nitrogens with zero attached hydrogens (tertiary/aromatic N) is 2. The van der Waals surface area contributed by atoms with Crippen LogP contribution >= 0.6 is 0 Å². The second-order valence-corrected chi connectivity index (χ2v) is 6.15. The third-order valence-corrected chi connectivity index (χ3v) is 4.60. The molecule has 2 aliphatic heterocycles. The Labute approximate surface area is 122 Å². The van der Waals surface area contributed by atoms with E-state index in [0.717, 1.165) is 32.7 Å². The van der Waals surface area contributed by atoms with Crippen molar-refractivity contribution in [1.82, 2.24) is 15.1 Å². The number of nitrogens with one attached hydrogen (secondary N) is 1. The number of rotatable bonds is 3. The zero-order chi connectivity index (χ0) is 13.9. The summed E-state index contributed by atoms with van der Waals surface area (Å²) in [7, 11) is 2.23. The number of benzene rings is 1. The summed E-state index contributed by atoms with van der Waals surface area (Å²) in [4.78, 5) is 5.09. The topological polar surface area (TPSA) is 18.5 Å². The van der Waals surface area contributed by atoms with Crippen LogP contribution in [0.3, 0.4) is 0 Å². The van der Waals surface area contributed by atoms with E-state index in [2.05, 4.69) is 59.4 Å². The van der Waals surface area contributed by atoms with E-state index in [1.807, 2.05) is 0 Å². The highest BCUT2D eigenvalue weighted by molar-refractivity contribution is 5.24. The van der Waals surface area contributed by atoms with Crippen molar-refractivity contribution in [3.63, 3.8) is 0 Å². The fourth-order valence-electron chi connectivity index (χ4n) is 3.11. The summed E-state index contributed by atoms with van der Waals surface area (Å²) in [6, 6.07) is 11.5. The van der Waals surface area contributed by atoms with E-state index >= 15 is 0 Å². The van der Waals surface area contributed by atoms with Gasteiger partial charge in [-0.25, -0.2) is 0 Å². The fourth-order valence-corrected chi connectivity index (χ4v) is 3.11. The highest BCUT2D eigenvalue weighted by Crippen LogP contribution is 2.26. The van der Waals surface area contributed by atoms with Crippen LogP contribution in [0.2, 0.25) is 0 Å². The lowest BCUT2D eigenvalue weighted by Gasteiger charge is -2.41. The highest BCUT2D eigenvalue weighted by Gasteiger charge is 2.27. The summed E-state index contributed by atoms with van der Waals surface area (Å²) in [5, 5.41) is 3.34. The Balaban J connectivity index is 1.76. The predicted octanol–water partition coefficient (Wildman–Crippen LogP) is 1.89. The Morgan fingerprint density at radius 1 is 1.20 bits per heavy atom. The molecule has 0 spiro atoms. The standard InChI is InChI=1S/C17H25N3/c1-14(16-10-18-11-16)12-20-9-8-19(2)13-17(20)15-6-4-3-5-7-15/h3-7,17-18H,8-13H2,1-2H3. The van der Waals surface area contributed by atoms with E-state index in [0.29, 0.717) is 6.04 Å². The van der Waals surface area contributed by atoms with Crippen molar-refractivity contribution in [1.29, 1.82) is 0 Å². The highest BCUT2D eigenvalue weighted by atomic mass is 15.3. The van der Waals surface area contributed by atoms with Gasteiger partial charge in [-0.3, -0.25) is 4.90 Å². The predicted molar refractivity (Wildman–Crippen MR) is 83.8 cm³/mol. The molecule has 2 fully saturated rings. The lowest BCUT2D eigenvalue weighted by atomic mass is 9.99. The van der Waals surface area contributed by atoms with Crippen LogP contribution in [-0.2, 0) is 0 Å². The van der Waals surface area contributed by atoms with Gasteiger partial charge in [0.1, 0.15) is 0 Å². The summed E-state index contributed by atoms with van der Waals surface area (Å²) < 4.78 is 0. The monoisotopic (exact) mass is 271 g/mol. The van der Waals surface area contributed by atoms with Crippen LogP contribution in [-0.4, -0.2) is 56.1 Å². The number of piperazine rings is 1. The summed E-state index contributed by atoms with van der Waals surface area (Å²) in [6.45, 7) is 9.06. The van der Waals surface area contributed by atoms with Crippen molar-refractivity contribution in [2.75, 3.05) is 46.3 Å². The maximum atomic E-state index is 3.34. The van der Waals surface area contributed by atoms with E-state index < -0.39 is 0 Å². The van der Waals surface area contributed by atoms with E-state index in [1.165, 1.54) is 12.1 Å². The third kappa shape index (κ3) is 2.95. The van der Waals surface area contributed by atoms with Gasteiger partial charge in [-0.1, -0.05) is 35.9 Å². The molecule has 1 aromatic carbocycles. The molecule has 1 atom stereocenters. The Morgan fingerprint density at radius 2 is 1.95 bits per heavy atom. The lowest BCUT2D eigenvalue weighted by Crippen LogP contribution is -2.47. The SMILES string of the molecule is CC(CN1CCN(C)CC1c1ccccc1)=C1CNC1. The molecule has 0 radical (unpaired) electrons. The Kier molecular flexibility index (Phi) is 4.20. The molecule has 108 valence electrons. The van der Waals surface area contributed by atoms with Crippen molar-refractivity contribution in [2.24, 2.45) is 0 Å². The zero-order valence-corrected chi connectivity index (χ0v) is 12.6. The molecule has 0 aliphatic carbocycles. The largest absolute Gasteiger partial charge is 0.309 e. The van der Waals surface area contributed by atoms with Crippen LogP contribution in [0.15, 0.2) is 41.5 Å². The third-order valence-electron chi connectivity index (χ3n) is 4.60. The summed E-state index contributed by atoms with van der Waals surface area (Å²) in [6.07, 6.45) is 0. The van der Waals surface area contributed by atoms with Crippen LogP contribution in [0.25, 0.3) is 0 Å². The van der Waals surface area contributed by atoms with Gasteiger partial charge in [0.2, 0.25) is 0 Å². The molecule has 1 unspecified atom stereocenters. The first-order valence-corrected chi connectivity index (χ1v) is 7.60. The molecule has 2 heterocycles. The van der Waals surface area contributed by atoms with Crippen molar-refractivity contribution in [3.8, 4) is 0 Å². The molecule has 0 aromatic heterocycles. The molecule has 3 heteroatoms. The summed E-state index contributed by atoms with van der Waals surface area (Å²) in [5.74, 6) is 0. The minimum Gasteiger partial charge on any atom is -0.309 e. The number of hydrogen-bond donors (Lipinski definition) is 1. The maximum Gasteiger partial charge on any atom is 0.0479 e. The van der Waals surface area contributed by atoms with Crippen molar-refractivity contribution in [2.45, 2.75) is 13.0 Å². The first kappa shape index (κ1) is 13.8. The second kappa shape index (κ2) is 6.08. The summed E-state index contributed by atoms with van der Waals surface area (Å²) >= 11 is 0. The smallest absolute Gasteiger partial charge is 0.0479 e. The quantitative estimate of drug-likeness (QED) is 0.847. The molecule has 0 saturated carbocycles. The van der Waals surface area contributed by atoms with Crippen molar-refractivity contribution < 1.29 is 0 Å². The second-order valence-electron chi connectivity index (χ2n) is 6.15. The fraction of sp³-hybridized carbons (Fsp3) is 0.529. The Hall–Kier alpha value is -1.16. The van der Waals surface area contributed by atoms with Crippen LogP contribution in [0.1, 0.15) is 18.5 Å². The lowest BCUT2D eigenvalue weighted by molar-refractivity contribution is 0.0982. The van der Waals surface area contributed by atoms with Crippen molar-refractivity contribution >= 4 is 0 Å². The minimum atomic E-state index is 0.526. The van der Waals surface area contributed by atoms with Gasteiger partial charge in [-0.15, -0.1) is 0 Å². The molecule has 1 aromatic rings. The molecule has 20 heavy (non-hydrogen) atoms. The molecular formula is C17H25N3. The normalized spacial score (nSPS) is 24.5. The maximum absolute atomic E-state index is 3.34. The molecule has 0 amide bonds. The van der Waals surface area contributed by atoms with E-state index in [-0.39, 0.29) is 0 Å². The van der Waals surface area contributed by atoms with Gasteiger partial charge in [0.05, 0.1) is 0 Å². The average molecular weight is 271 g/mol. The zero-order valence-electron chi connectivity index (χ0n) is 12.6. The van der Waals surface area contributed by atoms with Crippen LogP contribution in [0, 0.1) is 0 Å². The van der Waals surface area contributed by atoms with Crippen LogP contribution in [0.5, 0.6) is 0 Å². The van der Waals surface area contributed by atoms with Gasteiger partial charge >= 0.3 is 0 Å². The van der Waals surface area contributed by atoms with E-state index in [9.17, 15) is 0 Å². The molecule has 2 aliphatic rings. The van der Waals surface area contributed by atoms with Gasteiger partial charge in [0.25, 0.3) is 0 Å². The minimum absolute atomic E-state index is 0.526. The van der Waals surface area contributed by atoms with E-state index in [1.54, 1.807) is 11.1 Å². The molecule has 3 nitrogen and oxygen atoms in total. The van der Waals surface area contributed by atoms with Gasteiger partial charge in [0.15, 0.2) is 0 Å². The van der Waals surface area contributed by atoms with Gasteiger partial charge in [-0.2, -0.15) is 0 Å². The molecular weight excluding hydrogens is 246 g/mol. The van der Waals surface area contributed by atoms with Gasteiger partial charge in [0, 0.05) is 45.3 Å². The van der Waals surface area contributed by atoms with Gasteiger partial charge in [-0.05, 0) is 25.1 Å². The first-order valence-electron chi connectivity index (χ1n) is 7.60. The van der Waals surface area contributed by atoms with Crippen LogP contribution in [0.4, 0.5) is 0 Å². The average Bonchev–Trinajstić information content (AvgIpc) is 2.40. The van der Waals surface area contributed by atoms with E-state index in [4.69, 9.17) is 0 Å². The van der Waals surface area contributed by atoms with Gasteiger partial charge < -0.3 is 10.2 Å². The first-order chi connectivity index (χ1) is 9.74. The van der Waals surface area contributed by atoms with Crippen LogP contribution < -0.4 is 5.32 Å².